The van der Waals surface area contributed by atoms with E-state index < -0.39 is 35.0 Å². The van der Waals surface area contributed by atoms with Gasteiger partial charge in [0.2, 0.25) is 5.82 Å². The first kappa shape index (κ1) is 16.3. The van der Waals surface area contributed by atoms with Crippen LogP contribution in [-0.4, -0.2) is 24.7 Å². The van der Waals surface area contributed by atoms with Gasteiger partial charge in [-0.1, -0.05) is 0 Å². The van der Waals surface area contributed by atoms with E-state index >= 15 is 0 Å². The van der Waals surface area contributed by atoms with Crippen LogP contribution in [0.3, 0.4) is 0 Å². The molecule has 0 fully saturated rings. The molecule has 8 heteroatoms. The van der Waals surface area contributed by atoms with Crippen LogP contribution >= 0.6 is 0 Å². The molecule has 120 valence electrons. The predicted molar refractivity (Wildman–Crippen MR) is 68.1 cm³/mol. The maximum absolute atomic E-state index is 13.7. The highest BCUT2D eigenvalue weighted by atomic mass is 19.4. The van der Waals surface area contributed by atoms with E-state index in [1.54, 1.807) is 0 Å². The number of methoxy groups -OCH3 is 1. The van der Waals surface area contributed by atoms with E-state index in [1.165, 1.54) is 0 Å². The fourth-order valence-electron chi connectivity index (χ4n) is 2.34. The maximum atomic E-state index is 13.7. The van der Waals surface area contributed by atoms with Crippen LogP contribution in [0.25, 0.3) is 5.57 Å². The van der Waals surface area contributed by atoms with E-state index in [4.69, 9.17) is 4.74 Å². The zero-order chi connectivity index (χ0) is 16.9. The Morgan fingerprint density at radius 2 is 1.82 bits per heavy atom. The lowest BCUT2D eigenvalue weighted by Crippen LogP contribution is -2.53. The number of hydrogen-bond donors (Lipinski definition) is 1. The number of ether oxygens (including phenoxy) is 1. The molecule has 0 aromatic heterocycles. The van der Waals surface area contributed by atoms with Gasteiger partial charge in [-0.3, -0.25) is 4.79 Å². The Morgan fingerprint density at radius 3 is 2.27 bits per heavy atom. The smallest absolute Gasteiger partial charge is 0.415 e. The van der Waals surface area contributed by atoms with Crippen LogP contribution in [0, 0.1) is 11.6 Å². The number of nitrogens with one attached hydrogen (secondary N) is 1. The molecule has 1 heterocycles. The van der Waals surface area contributed by atoms with Crippen LogP contribution in [0.5, 0.6) is 5.75 Å². The topological polar surface area (TPSA) is 38.3 Å². The normalized spacial score (nSPS) is 22.1. The second-order valence-corrected chi connectivity index (χ2v) is 5.02. The summed E-state index contributed by atoms with van der Waals surface area (Å²) in [6.45, 7) is 1.92. The largest absolute Gasteiger partial charge is 0.493 e. The first-order valence-corrected chi connectivity index (χ1v) is 6.17. The lowest BCUT2D eigenvalue weighted by Gasteiger charge is -2.29. The van der Waals surface area contributed by atoms with Crippen molar-refractivity contribution in [2.75, 3.05) is 7.11 Å². The minimum Gasteiger partial charge on any atom is -0.493 e. The van der Waals surface area contributed by atoms with Crippen LogP contribution in [-0.2, 0) is 4.79 Å². The fraction of sp³-hybridized carbons (Fsp3) is 0.357. The summed E-state index contributed by atoms with van der Waals surface area (Å²) in [5, 5.41) is 1.84. The van der Waals surface area contributed by atoms with Crippen molar-refractivity contribution in [3.63, 3.8) is 0 Å². The van der Waals surface area contributed by atoms with Gasteiger partial charge < -0.3 is 10.1 Å². The highest BCUT2D eigenvalue weighted by molar-refractivity contribution is 6.24. The van der Waals surface area contributed by atoms with Gasteiger partial charge in [-0.2, -0.15) is 17.6 Å². The molecular weight excluding hydrogens is 309 g/mol. The van der Waals surface area contributed by atoms with Gasteiger partial charge in [-0.05, 0) is 31.6 Å². The summed E-state index contributed by atoms with van der Waals surface area (Å²) in [4.78, 5) is 12.0. The average Bonchev–Trinajstić information content (AvgIpc) is 2.64. The molecule has 2 rings (SSSR count). The second-order valence-electron chi connectivity index (χ2n) is 5.02. The SMILES string of the molecule is COc1c(C2=C(C)[C@](C)(C(F)(F)F)NC2=O)ccc(F)c1F. The molecule has 1 aliphatic rings. The molecule has 0 spiro atoms. The maximum Gasteiger partial charge on any atom is 0.415 e. The Kier molecular flexibility index (Phi) is 3.67. The zero-order valence-corrected chi connectivity index (χ0v) is 11.9. The van der Waals surface area contributed by atoms with Gasteiger partial charge in [-0.25, -0.2) is 4.39 Å². The first-order chi connectivity index (χ1) is 10.0. The van der Waals surface area contributed by atoms with Gasteiger partial charge in [0.05, 0.1) is 12.7 Å². The Bertz CT molecular complexity index is 681. The van der Waals surface area contributed by atoms with Crippen LogP contribution in [0.1, 0.15) is 19.4 Å². The van der Waals surface area contributed by atoms with Gasteiger partial charge in [-0.15, -0.1) is 0 Å². The molecule has 0 bridgehead atoms. The van der Waals surface area contributed by atoms with E-state index in [2.05, 4.69) is 0 Å². The number of carbonyl (C=O) groups excluding carboxylic acids is 1. The minimum atomic E-state index is -4.74. The Labute approximate surface area is 122 Å². The molecule has 1 aromatic rings. The first-order valence-electron chi connectivity index (χ1n) is 6.17. The third-order valence-corrected chi connectivity index (χ3v) is 3.81. The number of carbonyl (C=O) groups is 1. The molecule has 1 aromatic carbocycles. The third kappa shape index (κ3) is 2.13. The number of amides is 1. The van der Waals surface area contributed by atoms with Crippen LogP contribution in [0.4, 0.5) is 22.0 Å². The molecule has 0 aliphatic carbocycles. The monoisotopic (exact) mass is 321 g/mol. The summed E-state index contributed by atoms with van der Waals surface area (Å²) in [7, 11) is 1.03. The summed E-state index contributed by atoms with van der Waals surface area (Å²) >= 11 is 0. The number of halogens is 5. The van der Waals surface area contributed by atoms with Crippen molar-refractivity contribution >= 4 is 11.5 Å². The molecular formula is C14H12F5NO2. The highest BCUT2D eigenvalue weighted by Crippen LogP contribution is 2.45. The molecule has 3 nitrogen and oxygen atoms in total. The molecule has 1 aliphatic heterocycles. The number of hydrogen-bond acceptors (Lipinski definition) is 2. The molecule has 0 saturated carbocycles. The Morgan fingerprint density at radius 1 is 1.23 bits per heavy atom. The summed E-state index contributed by atoms with van der Waals surface area (Å²) in [5.41, 5.74) is -3.52. The summed E-state index contributed by atoms with van der Waals surface area (Å²) in [6.07, 6.45) is -4.74. The van der Waals surface area contributed by atoms with Crippen molar-refractivity contribution < 1.29 is 31.5 Å². The Balaban J connectivity index is 2.72. The molecule has 1 amide bonds. The summed E-state index contributed by atoms with van der Waals surface area (Å²) < 4.78 is 71.2. The summed E-state index contributed by atoms with van der Waals surface area (Å²) in [6, 6.07) is 1.74. The van der Waals surface area contributed by atoms with Crippen molar-refractivity contribution in [3.8, 4) is 5.75 Å². The molecule has 1 N–H and O–H groups in total. The van der Waals surface area contributed by atoms with Gasteiger partial charge in [0, 0.05) is 5.56 Å². The van der Waals surface area contributed by atoms with E-state index in [1.807, 2.05) is 5.32 Å². The van der Waals surface area contributed by atoms with Crippen molar-refractivity contribution in [2.24, 2.45) is 0 Å². The standard InChI is InChI=1S/C14H12F5NO2/c1-6-9(12(21)20-13(6,2)14(17,18)19)7-4-5-8(15)10(16)11(7)22-3/h4-5H,1-3H3,(H,20,21)/t13-/m1/s1. The molecule has 0 unspecified atom stereocenters. The highest BCUT2D eigenvalue weighted by Gasteiger charge is 2.58. The quantitative estimate of drug-likeness (QED) is 0.850. The van der Waals surface area contributed by atoms with E-state index in [-0.39, 0.29) is 16.7 Å². The third-order valence-electron chi connectivity index (χ3n) is 3.81. The van der Waals surface area contributed by atoms with Gasteiger partial charge in [0.1, 0.15) is 0 Å². The summed E-state index contributed by atoms with van der Waals surface area (Å²) in [5.74, 6) is -4.23. The number of alkyl halides is 3. The van der Waals surface area contributed by atoms with Crippen molar-refractivity contribution in [1.82, 2.24) is 5.32 Å². The molecule has 22 heavy (non-hydrogen) atoms. The molecule has 0 radical (unpaired) electrons. The van der Waals surface area contributed by atoms with E-state index in [9.17, 15) is 26.7 Å². The van der Waals surface area contributed by atoms with Gasteiger partial charge in [0.25, 0.3) is 5.91 Å². The number of rotatable bonds is 2. The van der Waals surface area contributed by atoms with Crippen molar-refractivity contribution in [3.05, 3.63) is 34.9 Å². The minimum absolute atomic E-state index is 0.232. The number of benzene rings is 1. The van der Waals surface area contributed by atoms with Gasteiger partial charge in [0.15, 0.2) is 17.1 Å². The van der Waals surface area contributed by atoms with E-state index in [0.717, 1.165) is 33.1 Å². The van der Waals surface area contributed by atoms with E-state index in [0.29, 0.717) is 0 Å². The average molecular weight is 321 g/mol. The molecule has 1 atom stereocenters. The van der Waals surface area contributed by atoms with Gasteiger partial charge >= 0.3 is 6.18 Å². The van der Waals surface area contributed by atoms with Crippen LogP contribution in [0.2, 0.25) is 0 Å². The zero-order valence-electron chi connectivity index (χ0n) is 11.9. The lowest BCUT2D eigenvalue weighted by atomic mass is 9.90. The molecule has 0 saturated heterocycles. The van der Waals surface area contributed by atoms with Crippen LogP contribution < -0.4 is 10.1 Å². The Hall–Kier alpha value is -2.12. The second kappa shape index (κ2) is 4.96. The van der Waals surface area contributed by atoms with Crippen molar-refractivity contribution in [2.45, 2.75) is 25.6 Å². The fourth-order valence-corrected chi connectivity index (χ4v) is 2.34. The van der Waals surface area contributed by atoms with Crippen molar-refractivity contribution in [1.29, 1.82) is 0 Å². The predicted octanol–water partition coefficient (Wildman–Crippen LogP) is 3.20. The lowest BCUT2D eigenvalue weighted by molar-refractivity contribution is -0.179. The van der Waals surface area contributed by atoms with Crippen LogP contribution in [0.15, 0.2) is 17.7 Å².